The summed E-state index contributed by atoms with van der Waals surface area (Å²) >= 11 is 0. The SMILES string of the molecule is CCNC(=NCC(C)(O)c1cc(C)oc1C)NCCc1cc(OC)ccc1OC.I. The second-order valence-electron chi connectivity index (χ2n) is 7.15. The highest BCUT2D eigenvalue weighted by molar-refractivity contribution is 14.0. The summed E-state index contributed by atoms with van der Waals surface area (Å²) < 4.78 is 16.3. The van der Waals surface area contributed by atoms with Gasteiger partial charge in [0, 0.05) is 18.7 Å². The third kappa shape index (κ3) is 7.09. The molecule has 0 aliphatic heterocycles. The van der Waals surface area contributed by atoms with Crippen LogP contribution in [0.15, 0.2) is 33.7 Å². The lowest BCUT2D eigenvalue weighted by Gasteiger charge is -2.21. The van der Waals surface area contributed by atoms with Crippen LogP contribution in [0.25, 0.3) is 0 Å². The van der Waals surface area contributed by atoms with Crippen molar-refractivity contribution in [2.24, 2.45) is 4.99 Å². The molecule has 0 bridgehead atoms. The number of aryl methyl sites for hydroxylation is 2. The smallest absolute Gasteiger partial charge is 0.191 e. The number of ether oxygens (including phenoxy) is 2. The third-order valence-corrected chi connectivity index (χ3v) is 4.68. The van der Waals surface area contributed by atoms with Gasteiger partial charge in [-0.1, -0.05) is 0 Å². The maximum atomic E-state index is 10.9. The van der Waals surface area contributed by atoms with Crippen LogP contribution in [-0.2, 0) is 12.0 Å². The summed E-state index contributed by atoms with van der Waals surface area (Å²) in [7, 11) is 3.31. The third-order valence-electron chi connectivity index (χ3n) is 4.68. The van der Waals surface area contributed by atoms with Gasteiger partial charge in [0.05, 0.1) is 20.8 Å². The van der Waals surface area contributed by atoms with Gasteiger partial charge in [-0.2, -0.15) is 0 Å². The molecule has 1 unspecified atom stereocenters. The first kappa shape index (κ1) is 26.1. The molecule has 168 valence electrons. The number of aliphatic hydroxyl groups is 1. The zero-order valence-electron chi connectivity index (χ0n) is 18.7. The minimum atomic E-state index is -1.11. The fourth-order valence-corrected chi connectivity index (χ4v) is 3.22. The Labute approximate surface area is 196 Å². The Morgan fingerprint density at radius 1 is 1.17 bits per heavy atom. The van der Waals surface area contributed by atoms with E-state index in [9.17, 15) is 5.11 Å². The van der Waals surface area contributed by atoms with Crippen molar-refractivity contribution in [2.45, 2.75) is 39.7 Å². The molecule has 1 aromatic carbocycles. The van der Waals surface area contributed by atoms with E-state index < -0.39 is 5.60 Å². The van der Waals surface area contributed by atoms with Crippen molar-refractivity contribution >= 4 is 29.9 Å². The second-order valence-corrected chi connectivity index (χ2v) is 7.15. The van der Waals surface area contributed by atoms with Gasteiger partial charge in [0.25, 0.3) is 0 Å². The van der Waals surface area contributed by atoms with Crippen molar-refractivity contribution in [1.29, 1.82) is 0 Å². The van der Waals surface area contributed by atoms with Crippen LogP contribution in [-0.4, -0.2) is 44.9 Å². The average Bonchev–Trinajstić information content (AvgIpc) is 3.05. The van der Waals surface area contributed by atoms with Crippen LogP contribution in [0.5, 0.6) is 11.5 Å². The van der Waals surface area contributed by atoms with Gasteiger partial charge < -0.3 is 29.6 Å². The largest absolute Gasteiger partial charge is 0.497 e. The zero-order chi connectivity index (χ0) is 21.4. The Balaban J connectivity index is 0.00000450. The van der Waals surface area contributed by atoms with Gasteiger partial charge in [0.2, 0.25) is 0 Å². The Morgan fingerprint density at radius 3 is 2.47 bits per heavy atom. The minimum absolute atomic E-state index is 0. The van der Waals surface area contributed by atoms with Gasteiger partial charge >= 0.3 is 0 Å². The summed E-state index contributed by atoms with van der Waals surface area (Å²) in [5.74, 6) is 3.75. The lowest BCUT2D eigenvalue weighted by molar-refractivity contribution is 0.0657. The average molecular weight is 531 g/mol. The summed E-state index contributed by atoms with van der Waals surface area (Å²) in [5, 5.41) is 17.4. The predicted octanol–water partition coefficient (Wildman–Crippen LogP) is 3.54. The molecule has 0 amide bonds. The van der Waals surface area contributed by atoms with Gasteiger partial charge in [0.1, 0.15) is 28.6 Å². The summed E-state index contributed by atoms with van der Waals surface area (Å²) in [6.07, 6.45) is 0.737. The number of guanidine groups is 1. The molecular formula is C22H34IN3O4. The van der Waals surface area contributed by atoms with Crippen LogP contribution < -0.4 is 20.1 Å². The van der Waals surface area contributed by atoms with Crippen LogP contribution in [0.4, 0.5) is 0 Å². The Kier molecular flexibility index (Phi) is 10.5. The van der Waals surface area contributed by atoms with Crippen molar-refractivity contribution in [3.63, 3.8) is 0 Å². The Morgan fingerprint density at radius 2 is 1.90 bits per heavy atom. The van der Waals surface area contributed by atoms with E-state index in [2.05, 4.69) is 15.6 Å². The number of benzene rings is 1. The molecule has 7 nitrogen and oxygen atoms in total. The minimum Gasteiger partial charge on any atom is -0.497 e. The normalized spacial score (nSPS) is 13.2. The van der Waals surface area contributed by atoms with Crippen LogP contribution in [0.3, 0.4) is 0 Å². The molecule has 8 heteroatoms. The number of hydrogen-bond acceptors (Lipinski definition) is 5. The van der Waals surface area contributed by atoms with E-state index in [0.717, 1.165) is 41.4 Å². The number of nitrogens with zero attached hydrogens (tertiary/aromatic N) is 1. The Bertz CT molecular complexity index is 834. The molecule has 0 aliphatic rings. The van der Waals surface area contributed by atoms with Crippen molar-refractivity contribution < 1.29 is 19.0 Å². The molecule has 0 aliphatic carbocycles. The molecule has 1 heterocycles. The number of halogens is 1. The fourth-order valence-electron chi connectivity index (χ4n) is 3.22. The highest BCUT2D eigenvalue weighted by Crippen LogP contribution is 2.27. The quantitative estimate of drug-likeness (QED) is 0.261. The van der Waals surface area contributed by atoms with Crippen molar-refractivity contribution in [2.75, 3.05) is 33.9 Å². The summed E-state index contributed by atoms with van der Waals surface area (Å²) in [5.41, 5.74) is 0.697. The molecule has 1 atom stereocenters. The van der Waals surface area contributed by atoms with E-state index in [4.69, 9.17) is 13.9 Å². The highest BCUT2D eigenvalue weighted by atomic mass is 127. The standard InChI is InChI=1S/C22H33N3O4.HI/c1-7-23-21(25-14-22(4,26)19-12-15(2)29-16(19)3)24-11-10-17-13-18(27-5)8-9-20(17)28-6;/h8-9,12-13,26H,7,10-11,14H2,1-6H3,(H2,23,24,25);1H. The first-order chi connectivity index (χ1) is 13.8. The van der Waals surface area contributed by atoms with Crippen molar-refractivity contribution in [3.8, 4) is 11.5 Å². The topological polar surface area (TPSA) is 88.3 Å². The number of methoxy groups -OCH3 is 2. The van der Waals surface area contributed by atoms with Crippen LogP contribution in [0.1, 0.15) is 36.5 Å². The molecule has 0 saturated carbocycles. The lowest BCUT2D eigenvalue weighted by Crippen LogP contribution is -2.39. The van der Waals surface area contributed by atoms with E-state index in [1.807, 2.05) is 45.0 Å². The van der Waals surface area contributed by atoms with Gasteiger partial charge in [-0.3, -0.25) is 0 Å². The molecule has 2 aromatic rings. The van der Waals surface area contributed by atoms with Crippen LogP contribution >= 0.6 is 24.0 Å². The Hall–Kier alpha value is -1.94. The zero-order valence-corrected chi connectivity index (χ0v) is 21.0. The molecule has 0 radical (unpaired) electrons. The molecule has 3 N–H and O–H groups in total. The molecule has 30 heavy (non-hydrogen) atoms. The molecular weight excluding hydrogens is 497 g/mol. The number of rotatable bonds is 9. The van der Waals surface area contributed by atoms with E-state index in [1.165, 1.54) is 0 Å². The molecule has 0 saturated heterocycles. The number of furan rings is 1. The molecule has 2 rings (SSSR count). The predicted molar refractivity (Wildman–Crippen MR) is 130 cm³/mol. The van der Waals surface area contributed by atoms with E-state index in [1.54, 1.807) is 21.1 Å². The fraction of sp³-hybridized carbons (Fsp3) is 0.500. The van der Waals surface area contributed by atoms with Gasteiger partial charge in [-0.25, -0.2) is 4.99 Å². The first-order valence-corrected chi connectivity index (χ1v) is 9.83. The van der Waals surface area contributed by atoms with Crippen LogP contribution in [0, 0.1) is 13.8 Å². The van der Waals surface area contributed by atoms with Crippen molar-refractivity contribution in [3.05, 3.63) is 46.9 Å². The maximum absolute atomic E-state index is 10.9. The van der Waals surface area contributed by atoms with E-state index in [0.29, 0.717) is 18.3 Å². The summed E-state index contributed by atoms with van der Waals surface area (Å²) in [4.78, 5) is 4.57. The van der Waals surface area contributed by atoms with E-state index in [-0.39, 0.29) is 30.5 Å². The summed E-state index contributed by atoms with van der Waals surface area (Å²) in [6, 6.07) is 7.61. The first-order valence-electron chi connectivity index (χ1n) is 9.83. The summed E-state index contributed by atoms with van der Waals surface area (Å²) in [6.45, 7) is 9.06. The number of hydrogen-bond donors (Lipinski definition) is 3. The second kappa shape index (κ2) is 12.0. The van der Waals surface area contributed by atoms with Crippen LogP contribution in [0.2, 0.25) is 0 Å². The van der Waals surface area contributed by atoms with Crippen molar-refractivity contribution in [1.82, 2.24) is 10.6 Å². The number of aliphatic imine (C=N–C) groups is 1. The van der Waals surface area contributed by atoms with E-state index >= 15 is 0 Å². The highest BCUT2D eigenvalue weighted by Gasteiger charge is 2.27. The molecule has 0 fully saturated rings. The monoisotopic (exact) mass is 531 g/mol. The number of nitrogens with one attached hydrogen (secondary N) is 2. The molecule has 0 spiro atoms. The molecule has 1 aromatic heterocycles. The van der Waals surface area contributed by atoms with Gasteiger partial charge in [-0.05, 0) is 63.9 Å². The lowest BCUT2D eigenvalue weighted by atomic mass is 9.96. The van der Waals surface area contributed by atoms with Gasteiger partial charge in [0.15, 0.2) is 5.96 Å². The van der Waals surface area contributed by atoms with Gasteiger partial charge in [-0.15, -0.1) is 24.0 Å². The maximum Gasteiger partial charge on any atom is 0.191 e.